The lowest BCUT2D eigenvalue weighted by atomic mass is 10.2. The number of nitrogens with zero attached hydrogens (tertiary/aromatic N) is 4. The van der Waals surface area contributed by atoms with Gasteiger partial charge in [-0.2, -0.15) is 0 Å². The summed E-state index contributed by atoms with van der Waals surface area (Å²) in [5.74, 6) is 1.02. The smallest absolute Gasteiger partial charge is 0.147 e. The fourth-order valence-corrected chi connectivity index (χ4v) is 2.80. The summed E-state index contributed by atoms with van der Waals surface area (Å²) in [6.07, 6.45) is 4.93. The molecule has 19 heavy (non-hydrogen) atoms. The van der Waals surface area contributed by atoms with Gasteiger partial charge in [0.2, 0.25) is 0 Å². The van der Waals surface area contributed by atoms with Crippen LogP contribution in [0.4, 0.5) is 5.82 Å². The summed E-state index contributed by atoms with van der Waals surface area (Å²) >= 11 is 0. The van der Waals surface area contributed by atoms with Crippen molar-refractivity contribution in [3.8, 4) is 0 Å². The Hall–Kier alpha value is -1.20. The maximum absolute atomic E-state index is 4.67. The molecule has 0 spiro atoms. The molecule has 1 aliphatic heterocycles. The highest BCUT2D eigenvalue weighted by molar-refractivity contribution is 5.38. The topological polar surface area (TPSA) is 44.3 Å². The maximum atomic E-state index is 4.67. The van der Waals surface area contributed by atoms with Gasteiger partial charge in [-0.1, -0.05) is 13.8 Å². The zero-order chi connectivity index (χ0) is 13.7. The number of anilines is 1. The van der Waals surface area contributed by atoms with Crippen molar-refractivity contribution in [2.45, 2.75) is 32.9 Å². The van der Waals surface area contributed by atoms with Crippen LogP contribution in [0.1, 0.15) is 26.0 Å². The highest BCUT2D eigenvalue weighted by atomic mass is 15.3. The fourth-order valence-electron chi connectivity index (χ4n) is 2.80. The molecule has 0 aromatic carbocycles. The first-order chi connectivity index (χ1) is 9.28. The Bertz CT molecular complexity index is 391. The van der Waals surface area contributed by atoms with Crippen LogP contribution in [-0.2, 0) is 6.54 Å². The Labute approximate surface area is 116 Å². The maximum Gasteiger partial charge on any atom is 0.147 e. The van der Waals surface area contributed by atoms with Crippen LogP contribution in [0.2, 0.25) is 0 Å². The molecule has 1 fully saturated rings. The zero-order valence-corrected chi connectivity index (χ0v) is 12.3. The van der Waals surface area contributed by atoms with Gasteiger partial charge >= 0.3 is 0 Å². The van der Waals surface area contributed by atoms with E-state index in [1.165, 1.54) is 6.42 Å². The summed E-state index contributed by atoms with van der Waals surface area (Å²) in [4.78, 5) is 13.9. The molecule has 5 nitrogen and oxygen atoms in total. The van der Waals surface area contributed by atoms with Crippen molar-refractivity contribution in [3.05, 3.63) is 18.1 Å². The summed E-state index contributed by atoms with van der Waals surface area (Å²) in [7, 11) is 1.93. The first-order valence-electron chi connectivity index (χ1n) is 7.23. The third kappa shape index (κ3) is 3.42. The Kier molecular flexibility index (Phi) is 5.10. The molecular weight excluding hydrogens is 238 g/mol. The summed E-state index contributed by atoms with van der Waals surface area (Å²) in [6.45, 7) is 9.65. The molecule has 1 aliphatic rings. The third-order valence-electron chi connectivity index (χ3n) is 3.85. The minimum absolute atomic E-state index is 0.657. The second-order valence-corrected chi connectivity index (χ2v) is 5.01. The van der Waals surface area contributed by atoms with Gasteiger partial charge in [0.05, 0.1) is 11.9 Å². The number of nitrogens with one attached hydrogen (secondary N) is 1. The lowest BCUT2D eigenvalue weighted by Gasteiger charge is -2.26. The Morgan fingerprint density at radius 1 is 1.37 bits per heavy atom. The van der Waals surface area contributed by atoms with Gasteiger partial charge in [-0.3, -0.25) is 9.88 Å². The van der Waals surface area contributed by atoms with E-state index in [1.54, 1.807) is 0 Å². The van der Waals surface area contributed by atoms with Gasteiger partial charge in [0.25, 0.3) is 0 Å². The van der Waals surface area contributed by atoms with E-state index >= 15 is 0 Å². The SMILES string of the molecule is CCN(CC)C1CCN(c2cncc(CNC)n2)C1. The van der Waals surface area contributed by atoms with Crippen molar-refractivity contribution in [1.82, 2.24) is 20.2 Å². The lowest BCUT2D eigenvalue weighted by Crippen LogP contribution is -2.37. The largest absolute Gasteiger partial charge is 0.354 e. The van der Waals surface area contributed by atoms with Gasteiger partial charge in [0.15, 0.2) is 0 Å². The molecule has 0 bridgehead atoms. The number of likely N-dealkylation sites (N-methyl/N-ethyl adjacent to an activating group) is 1. The zero-order valence-electron chi connectivity index (χ0n) is 12.3. The molecule has 1 unspecified atom stereocenters. The Morgan fingerprint density at radius 2 is 2.16 bits per heavy atom. The molecule has 5 heteroatoms. The molecule has 106 valence electrons. The molecule has 1 saturated heterocycles. The van der Waals surface area contributed by atoms with Gasteiger partial charge in [0.1, 0.15) is 5.82 Å². The molecule has 1 aromatic heterocycles. The van der Waals surface area contributed by atoms with E-state index in [0.29, 0.717) is 6.04 Å². The fraction of sp³-hybridized carbons (Fsp3) is 0.714. The Balaban J connectivity index is 2.02. The van der Waals surface area contributed by atoms with Gasteiger partial charge < -0.3 is 10.2 Å². The van der Waals surface area contributed by atoms with Crippen LogP contribution in [0.15, 0.2) is 12.4 Å². The molecule has 2 heterocycles. The average molecular weight is 263 g/mol. The van der Waals surface area contributed by atoms with Crippen LogP contribution in [0.25, 0.3) is 0 Å². The summed E-state index contributed by atoms with van der Waals surface area (Å²) in [5, 5.41) is 3.12. The molecule has 0 saturated carbocycles. The van der Waals surface area contributed by atoms with Gasteiger partial charge in [-0.15, -0.1) is 0 Å². The van der Waals surface area contributed by atoms with Crippen LogP contribution in [0.3, 0.4) is 0 Å². The highest BCUT2D eigenvalue weighted by Crippen LogP contribution is 2.20. The van der Waals surface area contributed by atoms with E-state index in [9.17, 15) is 0 Å². The number of hydrogen-bond donors (Lipinski definition) is 1. The second kappa shape index (κ2) is 6.82. The summed E-state index contributed by atoms with van der Waals surface area (Å²) < 4.78 is 0. The molecule has 1 aromatic rings. The summed E-state index contributed by atoms with van der Waals surface area (Å²) in [6, 6.07) is 0.657. The molecule has 1 atom stereocenters. The van der Waals surface area contributed by atoms with Crippen molar-refractivity contribution in [2.75, 3.05) is 38.1 Å². The van der Waals surface area contributed by atoms with Crippen molar-refractivity contribution in [2.24, 2.45) is 0 Å². The van der Waals surface area contributed by atoms with E-state index in [0.717, 1.165) is 44.2 Å². The molecule has 1 N–H and O–H groups in total. The molecule has 2 rings (SSSR count). The molecular formula is C14H25N5. The molecule has 0 radical (unpaired) electrons. The molecule has 0 aliphatic carbocycles. The van der Waals surface area contributed by atoms with Gasteiger partial charge in [-0.05, 0) is 26.6 Å². The van der Waals surface area contributed by atoms with Gasteiger partial charge in [-0.25, -0.2) is 4.98 Å². The van der Waals surface area contributed by atoms with Crippen molar-refractivity contribution in [1.29, 1.82) is 0 Å². The third-order valence-corrected chi connectivity index (χ3v) is 3.85. The van der Waals surface area contributed by atoms with Crippen LogP contribution in [0.5, 0.6) is 0 Å². The number of rotatable bonds is 6. The Morgan fingerprint density at radius 3 is 2.84 bits per heavy atom. The monoisotopic (exact) mass is 263 g/mol. The predicted octanol–water partition coefficient (Wildman–Crippen LogP) is 1.12. The van der Waals surface area contributed by atoms with Crippen molar-refractivity contribution < 1.29 is 0 Å². The van der Waals surface area contributed by atoms with Crippen LogP contribution in [0, 0.1) is 0 Å². The van der Waals surface area contributed by atoms with Crippen LogP contribution >= 0.6 is 0 Å². The average Bonchev–Trinajstić information content (AvgIpc) is 2.91. The van der Waals surface area contributed by atoms with E-state index < -0.39 is 0 Å². The van der Waals surface area contributed by atoms with Crippen molar-refractivity contribution >= 4 is 5.82 Å². The predicted molar refractivity (Wildman–Crippen MR) is 78.3 cm³/mol. The van der Waals surface area contributed by atoms with E-state index in [-0.39, 0.29) is 0 Å². The summed E-state index contributed by atoms with van der Waals surface area (Å²) in [5.41, 5.74) is 1.01. The van der Waals surface area contributed by atoms with E-state index in [1.807, 2.05) is 19.4 Å². The van der Waals surface area contributed by atoms with Gasteiger partial charge in [0, 0.05) is 31.9 Å². The first-order valence-corrected chi connectivity index (χ1v) is 7.23. The van der Waals surface area contributed by atoms with Crippen molar-refractivity contribution in [3.63, 3.8) is 0 Å². The normalized spacial score (nSPS) is 19.4. The number of aromatic nitrogens is 2. The minimum atomic E-state index is 0.657. The minimum Gasteiger partial charge on any atom is -0.354 e. The van der Waals surface area contributed by atoms with E-state index in [2.05, 4.69) is 38.9 Å². The lowest BCUT2D eigenvalue weighted by molar-refractivity contribution is 0.232. The molecule has 0 amide bonds. The first kappa shape index (κ1) is 14.2. The van der Waals surface area contributed by atoms with E-state index in [4.69, 9.17) is 0 Å². The van der Waals surface area contributed by atoms with Crippen LogP contribution < -0.4 is 10.2 Å². The van der Waals surface area contributed by atoms with Crippen LogP contribution in [-0.4, -0.2) is 54.1 Å². The standard InChI is InChI=1S/C14H25N5/c1-4-18(5-2)13-6-7-19(11-13)14-10-16-9-12(17-14)8-15-3/h9-10,13,15H,4-8,11H2,1-3H3. The second-order valence-electron chi connectivity index (χ2n) is 5.01. The quantitative estimate of drug-likeness (QED) is 0.833. The highest BCUT2D eigenvalue weighted by Gasteiger charge is 2.27. The number of hydrogen-bond acceptors (Lipinski definition) is 5.